The normalized spacial score (nSPS) is 20.0. The Bertz CT molecular complexity index is 537. The molecule has 0 unspecified atom stereocenters. The zero-order valence-electron chi connectivity index (χ0n) is 13.7. The first-order valence-corrected chi connectivity index (χ1v) is 8.52. The van der Waals surface area contributed by atoms with Gasteiger partial charge in [-0.3, -0.25) is 9.89 Å². The van der Waals surface area contributed by atoms with Crippen LogP contribution >= 0.6 is 0 Å². The number of carbonyl (C=O) groups is 1. The van der Waals surface area contributed by atoms with Gasteiger partial charge < -0.3 is 10.0 Å². The van der Waals surface area contributed by atoms with Crippen molar-refractivity contribution in [3.63, 3.8) is 0 Å². The van der Waals surface area contributed by atoms with Crippen molar-refractivity contribution in [3.8, 4) is 0 Å². The summed E-state index contributed by atoms with van der Waals surface area (Å²) in [7, 11) is 0. The van der Waals surface area contributed by atoms with E-state index in [0.29, 0.717) is 11.6 Å². The summed E-state index contributed by atoms with van der Waals surface area (Å²) < 4.78 is 0. The number of H-pyrrole nitrogens is 1. The molecule has 0 spiro atoms. The van der Waals surface area contributed by atoms with Crippen LogP contribution in [-0.4, -0.2) is 44.8 Å². The van der Waals surface area contributed by atoms with Gasteiger partial charge in [-0.1, -0.05) is 0 Å². The second-order valence-electron chi connectivity index (χ2n) is 7.49. The molecule has 0 atom stereocenters. The fourth-order valence-corrected chi connectivity index (χ4v) is 3.85. The molecule has 0 saturated carbocycles. The van der Waals surface area contributed by atoms with Crippen LogP contribution in [0.25, 0.3) is 0 Å². The number of likely N-dealkylation sites (tertiary alicyclic amines) is 1. The van der Waals surface area contributed by atoms with E-state index in [1.807, 2.05) is 18.7 Å². The van der Waals surface area contributed by atoms with Crippen molar-refractivity contribution >= 4 is 5.91 Å². The molecular formula is C17H27N3O2. The highest BCUT2D eigenvalue weighted by Crippen LogP contribution is 2.28. The molecule has 0 bridgehead atoms. The van der Waals surface area contributed by atoms with Gasteiger partial charge >= 0.3 is 0 Å². The molecule has 1 aromatic rings. The van der Waals surface area contributed by atoms with E-state index in [1.165, 1.54) is 6.42 Å². The number of hydrogen-bond acceptors (Lipinski definition) is 3. The average molecular weight is 305 g/mol. The number of amides is 1. The van der Waals surface area contributed by atoms with Crippen LogP contribution in [0.4, 0.5) is 0 Å². The van der Waals surface area contributed by atoms with Crippen molar-refractivity contribution in [2.45, 2.75) is 64.4 Å². The molecule has 1 aliphatic carbocycles. The minimum atomic E-state index is -0.613. The molecule has 1 aromatic heterocycles. The number of aryl methyl sites for hydroxylation is 1. The lowest BCUT2D eigenvalue weighted by atomic mass is 9.86. The second-order valence-corrected chi connectivity index (χ2v) is 7.49. The van der Waals surface area contributed by atoms with Crippen LogP contribution in [0.15, 0.2) is 0 Å². The molecule has 2 aliphatic rings. The fourth-order valence-electron chi connectivity index (χ4n) is 3.85. The number of piperidine rings is 1. The van der Waals surface area contributed by atoms with Crippen LogP contribution in [0.2, 0.25) is 0 Å². The van der Waals surface area contributed by atoms with Crippen molar-refractivity contribution in [1.29, 1.82) is 0 Å². The predicted molar refractivity (Wildman–Crippen MR) is 84.8 cm³/mol. The van der Waals surface area contributed by atoms with E-state index in [-0.39, 0.29) is 5.91 Å². The Morgan fingerprint density at radius 3 is 2.68 bits per heavy atom. The van der Waals surface area contributed by atoms with E-state index in [4.69, 9.17) is 0 Å². The predicted octanol–water partition coefficient (Wildman–Crippen LogP) is 2.30. The van der Waals surface area contributed by atoms with Gasteiger partial charge in [-0.2, -0.15) is 5.10 Å². The number of fused-ring (bicyclic) bond motifs is 1. The van der Waals surface area contributed by atoms with Crippen LogP contribution in [-0.2, 0) is 12.8 Å². The summed E-state index contributed by atoms with van der Waals surface area (Å²) in [5, 5.41) is 17.3. The largest absolute Gasteiger partial charge is 0.390 e. The molecule has 3 rings (SSSR count). The molecule has 2 N–H and O–H groups in total. The quantitative estimate of drug-likeness (QED) is 0.900. The lowest BCUT2D eigenvalue weighted by molar-refractivity contribution is 0.0356. The highest BCUT2D eigenvalue weighted by atomic mass is 16.3. The first-order valence-electron chi connectivity index (χ1n) is 8.52. The van der Waals surface area contributed by atoms with E-state index >= 15 is 0 Å². The number of aliphatic hydroxyl groups is 1. The molecule has 2 heterocycles. The molecule has 1 aliphatic heterocycles. The zero-order valence-corrected chi connectivity index (χ0v) is 13.7. The maximum absolute atomic E-state index is 12.7. The van der Waals surface area contributed by atoms with Crippen LogP contribution in [0, 0.1) is 5.92 Å². The SMILES string of the molecule is CC(C)(O)CC1CCN(C(=O)c2n[nH]c3c2CCCC3)CC1. The monoisotopic (exact) mass is 305 g/mol. The minimum absolute atomic E-state index is 0.0844. The van der Waals surface area contributed by atoms with Gasteiger partial charge in [0.25, 0.3) is 5.91 Å². The molecule has 0 aromatic carbocycles. The Morgan fingerprint density at radius 1 is 1.32 bits per heavy atom. The van der Waals surface area contributed by atoms with Crippen LogP contribution in [0.1, 0.15) is 67.7 Å². The van der Waals surface area contributed by atoms with E-state index < -0.39 is 5.60 Å². The number of rotatable bonds is 3. The molecule has 1 fully saturated rings. The summed E-state index contributed by atoms with van der Waals surface area (Å²) in [6.45, 7) is 5.28. The Labute approximate surface area is 132 Å². The summed E-state index contributed by atoms with van der Waals surface area (Å²) in [4.78, 5) is 14.7. The van der Waals surface area contributed by atoms with Gasteiger partial charge in [0.15, 0.2) is 5.69 Å². The molecule has 122 valence electrons. The van der Waals surface area contributed by atoms with Crippen molar-refractivity contribution in [2.75, 3.05) is 13.1 Å². The number of carbonyl (C=O) groups excluding carboxylic acids is 1. The van der Waals surface area contributed by atoms with Crippen molar-refractivity contribution < 1.29 is 9.90 Å². The first-order chi connectivity index (χ1) is 10.4. The molecular weight excluding hydrogens is 278 g/mol. The average Bonchev–Trinajstić information content (AvgIpc) is 2.89. The number of aromatic nitrogens is 2. The van der Waals surface area contributed by atoms with Gasteiger partial charge in [0.1, 0.15) is 0 Å². The topological polar surface area (TPSA) is 69.2 Å². The molecule has 1 amide bonds. The third-order valence-electron chi connectivity index (χ3n) is 4.95. The van der Waals surface area contributed by atoms with E-state index in [9.17, 15) is 9.90 Å². The third kappa shape index (κ3) is 3.35. The summed E-state index contributed by atoms with van der Waals surface area (Å²) in [5.74, 6) is 0.596. The van der Waals surface area contributed by atoms with Crippen LogP contribution < -0.4 is 0 Å². The molecule has 5 nitrogen and oxygen atoms in total. The first kappa shape index (κ1) is 15.5. The minimum Gasteiger partial charge on any atom is -0.390 e. The van der Waals surface area contributed by atoms with E-state index in [2.05, 4.69) is 10.2 Å². The number of nitrogens with one attached hydrogen (secondary N) is 1. The fraction of sp³-hybridized carbons (Fsp3) is 0.765. The van der Waals surface area contributed by atoms with Gasteiger partial charge in [0.2, 0.25) is 0 Å². The van der Waals surface area contributed by atoms with E-state index in [0.717, 1.165) is 62.9 Å². The summed E-state index contributed by atoms with van der Waals surface area (Å²) >= 11 is 0. The second kappa shape index (κ2) is 6.03. The van der Waals surface area contributed by atoms with Crippen LogP contribution in [0.5, 0.6) is 0 Å². The smallest absolute Gasteiger partial charge is 0.274 e. The van der Waals surface area contributed by atoms with Crippen molar-refractivity contribution in [2.24, 2.45) is 5.92 Å². The molecule has 22 heavy (non-hydrogen) atoms. The summed E-state index contributed by atoms with van der Waals surface area (Å²) in [5.41, 5.74) is 2.34. The third-order valence-corrected chi connectivity index (χ3v) is 4.95. The Morgan fingerprint density at radius 2 is 2.00 bits per heavy atom. The zero-order chi connectivity index (χ0) is 15.7. The Kier molecular flexibility index (Phi) is 4.26. The lowest BCUT2D eigenvalue weighted by Gasteiger charge is -2.34. The number of nitrogens with zero attached hydrogens (tertiary/aromatic N) is 2. The lowest BCUT2D eigenvalue weighted by Crippen LogP contribution is -2.40. The van der Waals surface area contributed by atoms with Gasteiger partial charge in [0.05, 0.1) is 5.60 Å². The van der Waals surface area contributed by atoms with Gasteiger partial charge in [-0.05, 0) is 64.7 Å². The Hall–Kier alpha value is -1.36. The van der Waals surface area contributed by atoms with Gasteiger partial charge in [-0.25, -0.2) is 0 Å². The van der Waals surface area contributed by atoms with Crippen LogP contribution in [0.3, 0.4) is 0 Å². The van der Waals surface area contributed by atoms with Gasteiger partial charge in [0, 0.05) is 24.3 Å². The maximum atomic E-state index is 12.7. The maximum Gasteiger partial charge on any atom is 0.274 e. The van der Waals surface area contributed by atoms with Crippen molar-refractivity contribution in [3.05, 3.63) is 17.0 Å². The Balaban J connectivity index is 1.62. The summed E-state index contributed by atoms with van der Waals surface area (Å²) in [6.07, 6.45) is 7.09. The standard InChI is InChI=1S/C17H27N3O2/c1-17(2,22)11-12-7-9-20(10-8-12)16(21)15-13-5-3-4-6-14(13)18-19-15/h12,22H,3-11H2,1-2H3,(H,18,19). The number of aromatic amines is 1. The summed E-state index contributed by atoms with van der Waals surface area (Å²) in [6, 6.07) is 0. The highest BCUT2D eigenvalue weighted by Gasteiger charge is 2.30. The number of hydrogen-bond donors (Lipinski definition) is 2. The molecule has 0 radical (unpaired) electrons. The molecule has 5 heteroatoms. The highest BCUT2D eigenvalue weighted by molar-refractivity contribution is 5.94. The van der Waals surface area contributed by atoms with Crippen molar-refractivity contribution in [1.82, 2.24) is 15.1 Å². The van der Waals surface area contributed by atoms with E-state index in [1.54, 1.807) is 0 Å². The van der Waals surface area contributed by atoms with Gasteiger partial charge in [-0.15, -0.1) is 0 Å². The molecule has 1 saturated heterocycles.